The van der Waals surface area contributed by atoms with E-state index in [2.05, 4.69) is 240 Å². The van der Waals surface area contributed by atoms with Gasteiger partial charge in [-0.3, -0.25) is 0 Å². The summed E-state index contributed by atoms with van der Waals surface area (Å²) >= 11 is 0. The van der Waals surface area contributed by atoms with Crippen molar-refractivity contribution in [2.24, 2.45) is 0 Å². The van der Waals surface area contributed by atoms with Gasteiger partial charge in [0.1, 0.15) is 11.2 Å². The Labute approximate surface area is 376 Å². The molecular weight excluding hydrogens is 789 g/mol. The van der Waals surface area contributed by atoms with E-state index in [4.69, 9.17) is 4.42 Å². The molecule has 0 amide bonds. The normalized spacial score (nSPS) is 11.7. The molecule has 0 saturated heterocycles. The highest BCUT2D eigenvalue weighted by Gasteiger charge is 2.17. The molecule has 0 N–H and O–H groups in total. The molecule has 65 heavy (non-hydrogen) atoms. The minimum atomic E-state index is 0.911. The van der Waals surface area contributed by atoms with Gasteiger partial charge in [-0.05, 0) is 140 Å². The van der Waals surface area contributed by atoms with Gasteiger partial charge in [-0.15, -0.1) is 0 Å². The Kier molecular flexibility index (Phi) is 8.53. The van der Waals surface area contributed by atoms with E-state index in [1.807, 2.05) is 12.1 Å². The van der Waals surface area contributed by atoms with Crippen LogP contribution in [0, 0.1) is 0 Å². The fraction of sp³-hybridized carbons (Fsp3) is 0. The molecule has 0 aliphatic heterocycles. The van der Waals surface area contributed by atoms with Crippen molar-refractivity contribution < 1.29 is 4.42 Å². The van der Waals surface area contributed by atoms with Crippen molar-refractivity contribution >= 4 is 82.4 Å². The summed E-state index contributed by atoms with van der Waals surface area (Å²) in [7, 11) is 0. The van der Waals surface area contributed by atoms with Crippen LogP contribution in [0.1, 0.15) is 0 Å². The van der Waals surface area contributed by atoms with Crippen LogP contribution in [0.25, 0.3) is 104 Å². The Balaban J connectivity index is 0.870. The molecule has 0 atom stereocenters. The monoisotopic (exact) mass is 828 g/mol. The van der Waals surface area contributed by atoms with Crippen molar-refractivity contribution in [1.82, 2.24) is 4.57 Å². The average molecular weight is 829 g/mol. The number of anilines is 3. The second-order valence-electron chi connectivity index (χ2n) is 16.9. The molecule has 0 radical (unpaired) electrons. The van der Waals surface area contributed by atoms with E-state index in [1.54, 1.807) is 0 Å². The summed E-state index contributed by atoms with van der Waals surface area (Å²) in [5, 5.41) is 9.67. The Hall–Kier alpha value is -8.66. The first-order valence-corrected chi connectivity index (χ1v) is 22.2. The first-order valence-electron chi connectivity index (χ1n) is 22.2. The minimum Gasteiger partial charge on any atom is -0.456 e. The zero-order chi connectivity index (χ0) is 42.8. The van der Waals surface area contributed by atoms with Crippen LogP contribution in [0.4, 0.5) is 17.1 Å². The molecule has 3 heteroatoms. The van der Waals surface area contributed by atoms with Crippen molar-refractivity contribution in [2.45, 2.75) is 0 Å². The van der Waals surface area contributed by atoms with E-state index in [0.29, 0.717) is 0 Å². The third kappa shape index (κ3) is 6.28. The summed E-state index contributed by atoms with van der Waals surface area (Å²) in [6.45, 7) is 0. The number of nitrogens with zero attached hydrogens (tertiary/aromatic N) is 2. The quantitative estimate of drug-likeness (QED) is 0.149. The van der Waals surface area contributed by atoms with Crippen LogP contribution < -0.4 is 4.90 Å². The van der Waals surface area contributed by atoms with Gasteiger partial charge >= 0.3 is 0 Å². The molecule has 0 saturated carbocycles. The summed E-state index contributed by atoms with van der Waals surface area (Å²) in [6.07, 6.45) is 0. The van der Waals surface area contributed by atoms with Crippen LogP contribution >= 0.6 is 0 Å². The number of aromatic nitrogens is 1. The molecule has 0 fully saturated rings. The fourth-order valence-corrected chi connectivity index (χ4v) is 9.99. The van der Waals surface area contributed by atoms with Crippen molar-refractivity contribution in [2.75, 3.05) is 4.90 Å². The molecule has 0 aliphatic carbocycles. The van der Waals surface area contributed by atoms with E-state index in [-0.39, 0.29) is 0 Å². The van der Waals surface area contributed by atoms with Gasteiger partial charge in [-0.25, -0.2) is 0 Å². The maximum Gasteiger partial charge on any atom is 0.136 e. The molecule has 0 unspecified atom stereocenters. The van der Waals surface area contributed by atoms with Gasteiger partial charge in [-0.1, -0.05) is 158 Å². The lowest BCUT2D eigenvalue weighted by molar-refractivity contribution is 0.669. The lowest BCUT2D eigenvalue weighted by Crippen LogP contribution is -2.09. The highest BCUT2D eigenvalue weighted by molar-refractivity contribution is 6.11. The van der Waals surface area contributed by atoms with Gasteiger partial charge in [0, 0.05) is 44.3 Å². The van der Waals surface area contributed by atoms with E-state index >= 15 is 0 Å². The summed E-state index contributed by atoms with van der Waals surface area (Å²) in [5.74, 6) is 0. The molecule has 2 heterocycles. The van der Waals surface area contributed by atoms with Crippen LogP contribution in [0.3, 0.4) is 0 Å². The predicted octanol–water partition coefficient (Wildman–Crippen LogP) is 17.5. The zero-order valence-electron chi connectivity index (χ0n) is 35.4. The fourth-order valence-electron chi connectivity index (χ4n) is 9.99. The lowest BCUT2D eigenvalue weighted by atomic mass is 9.96. The lowest BCUT2D eigenvalue weighted by Gasteiger charge is -2.26. The molecule has 13 aromatic rings. The van der Waals surface area contributed by atoms with Crippen molar-refractivity contribution in [3.63, 3.8) is 0 Å². The van der Waals surface area contributed by atoms with Crippen LogP contribution in [0.15, 0.2) is 247 Å². The molecule has 0 bridgehead atoms. The number of hydrogen-bond acceptors (Lipinski definition) is 2. The van der Waals surface area contributed by atoms with Gasteiger partial charge in [-0.2, -0.15) is 0 Å². The number of rotatable bonds is 7. The molecule has 2 aromatic heterocycles. The number of hydrogen-bond donors (Lipinski definition) is 0. The van der Waals surface area contributed by atoms with Gasteiger partial charge in [0.15, 0.2) is 0 Å². The highest BCUT2D eigenvalue weighted by atomic mass is 16.3. The van der Waals surface area contributed by atoms with E-state index in [1.165, 1.54) is 65.6 Å². The Morgan fingerprint density at radius 1 is 0.277 bits per heavy atom. The molecule has 0 aliphatic rings. The molecule has 13 rings (SSSR count). The smallest absolute Gasteiger partial charge is 0.136 e. The molecular formula is C62H40N2O. The number of para-hydroxylation sites is 3. The van der Waals surface area contributed by atoms with Crippen molar-refractivity contribution in [3.05, 3.63) is 243 Å². The summed E-state index contributed by atoms with van der Waals surface area (Å²) in [5.41, 5.74) is 15.7. The van der Waals surface area contributed by atoms with E-state index < -0.39 is 0 Å². The zero-order valence-corrected chi connectivity index (χ0v) is 35.4. The van der Waals surface area contributed by atoms with E-state index in [9.17, 15) is 0 Å². The van der Waals surface area contributed by atoms with Crippen molar-refractivity contribution in [1.29, 1.82) is 0 Å². The predicted molar refractivity (Wildman–Crippen MR) is 274 cm³/mol. The summed E-state index contributed by atoms with van der Waals surface area (Å²) in [6, 6.07) is 87.8. The topological polar surface area (TPSA) is 21.3 Å². The maximum absolute atomic E-state index is 6.24. The van der Waals surface area contributed by atoms with Crippen LogP contribution in [0.5, 0.6) is 0 Å². The van der Waals surface area contributed by atoms with Crippen LogP contribution in [0.2, 0.25) is 0 Å². The van der Waals surface area contributed by atoms with Gasteiger partial charge < -0.3 is 13.9 Å². The van der Waals surface area contributed by atoms with E-state index in [0.717, 1.165) is 55.8 Å². The molecule has 304 valence electrons. The first kappa shape index (κ1) is 36.9. The third-order valence-corrected chi connectivity index (χ3v) is 13.2. The highest BCUT2D eigenvalue weighted by Crippen LogP contribution is 2.41. The molecule has 11 aromatic carbocycles. The summed E-state index contributed by atoms with van der Waals surface area (Å²) < 4.78 is 8.62. The SMILES string of the molecule is c1ccc(-c2ccc(N(c3ccc(-c4cccc(-n5c6ccccc6c6ccccc65)c4)cc3)c3ccc4c(ccc5cc(-c6ccc7c(c6)oc6ccccc67)ccc54)c3)cc2)cc1. The number of fused-ring (bicyclic) bond motifs is 9. The van der Waals surface area contributed by atoms with Gasteiger partial charge in [0.2, 0.25) is 0 Å². The molecule has 0 spiro atoms. The van der Waals surface area contributed by atoms with Crippen LogP contribution in [-0.4, -0.2) is 4.57 Å². The average Bonchev–Trinajstić information content (AvgIpc) is 3.92. The Bertz CT molecular complexity index is 3880. The molecule has 3 nitrogen and oxygen atoms in total. The van der Waals surface area contributed by atoms with Gasteiger partial charge in [0.25, 0.3) is 0 Å². The minimum absolute atomic E-state index is 0.911. The third-order valence-electron chi connectivity index (χ3n) is 13.2. The summed E-state index contributed by atoms with van der Waals surface area (Å²) in [4.78, 5) is 2.37. The number of furan rings is 1. The Morgan fingerprint density at radius 3 is 1.46 bits per heavy atom. The van der Waals surface area contributed by atoms with Crippen molar-refractivity contribution in [3.8, 4) is 39.1 Å². The standard InChI is InChI=1S/C62H40N2O/c1-2-11-41(12-3-1)42-23-29-49(30-24-42)63(50-31-25-43(26-32-50)44-13-10-14-51(38-44)64-59-18-7-4-15-55(59)56-16-5-8-19-60(56)64)52-33-36-54-48(39-52)22-21-47-37-45(27-34-53(47)54)46-28-35-58-57-17-6-9-20-61(57)65-62(58)40-46/h1-40H. The van der Waals surface area contributed by atoms with Gasteiger partial charge in [0.05, 0.1) is 11.0 Å². The largest absolute Gasteiger partial charge is 0.456 e. The number of benzene rings is 11. The second kappa shape index (κ2) is 15.0. The first-order chi connectivity index (χ1) is 32.2. The maximum atomic E-state index is 6.24. The Morgan fingerprint density at radius 2 is 0.754 bits per heavy atom. The van der Waals surface area contributed by atoms with Crippen LogP contribution in [-0.2, 0) is 0 Å². The second-order valence-corrected chi connectivity index (χ2v) is 16.9.